The average molecular weight is 586 g/mol. The van der Waals surface area contributed by atoms with Crippen molar-refractivity contribution in [1.82, 2.24) is 9.66 Å². The highest BCUT2D eigenvalue weighted by atomic mass is 79.9. The van der Waals surface area contributed by atoms with E-state index < -0.39 is 5.97 Å². The second-order valence-electron chi connectivity index (χ2n) is 6.87. The number of carbonyl (C=O) groups is 1. The van der Waals surface area contributed by atoms with E-state index in [9.17, 15) is 9.59 Å². The van der Waals surface area contributed by atoms with E-state index in [2.05, 4.69) is 48.9 Å². The van der Waals surface area contributed by atoms with Crippen molar-refractivity contribution in [2.24, 2.45) is 5.10 Å². The normalized spacial score (nSPS) is 11.3. The van der Waals surface area contributed by atoms with Crippen molar-refractivity contribution >= 4 is 66.5 Å². The van der Waals surface area contributed by atoms with Crippen molar-refractivity contribution < 1.29 is 14.3 Å². The summed E-state index contributed by atoms with van der Waals surface area (Å²) in [7, 11) is 1.44. The summed E-state index contributed by atoms with van der Waals surface area (Å²) in [5, 5.41) is 5.03. The van der Waals surface area contributed by atoms with E-state index in [-0.39, 0.29) is 22.1 Å². The summed E-state index contributed by atoms with van der Waals surface area (Å²) in [5.74, 6) is 0.394. The number of nitrogens with zero attached hydrogens (tertiary/aromatic N) is 3. The number of methoxy groups -OCH3 is 1. The Morgan fingerprint density at radius 1 is 1.31 bits per heavy atom. The van der Waals surface area contributed by atoms with E-state index >= 15 is 0 Å². The van der Waals surface area contributed by atoms with Crippen LogP contribution in [0.15, 0.2) is 43.1 Å². The lowest BCUT2D eigenvalue weighted by molar-refractivity contribution is -0.132. The third-order valence-electron chi connectivity index (χ3n) is 4.56. The minimum absolute atomic E-state index is 0.101. The van der Waals surface area contributed by atoms with Crippen molar-refractivity contribution in [3.8, 4) is 11.5 Å². The molecule has 2 aromatic carbocycles. The van der Waals surface area contributed by atoms with Gasteiger partial charge in [0.05, 0.1) is 24.2 Å². The fourth-order valence-corrected chi connectivity index (χ4v) is 4.02. The standard InChI is InChI=1S/C22H20Br2ClN3O4/c1-4-5-6-18-27-16-8-7-14(23)10-15(16)22(30)28(18)26-11-13-9-17(31-3)21(32-12(2)29)20(25)19(13)24/h7-11H,4-6H2,1-3H3. The lowest BCUT2D eigenvalue weighted by Gasteiger charge is -2.13. The topological polar surface area (TPSA) is 82.8 Å². The van der Waals surface area contributed by atoms with Crippen LogP contribution in [0.5, 0.6) is 11.5 Å². The van der Waals surface area contributed by atoms with Crippen LogP contribution in [0, 0.1) is 0 Å². The molecule has 0 saturated heterocycles. The molecule has 7 nitrogen and oxygen atoms in total. The van der Waals surface area contributed by atoms with E-state index in [0.717, 1.165) is 17.3 Å². The predicted octanol–water partition coefficient (Wildman–Crippen LogP) is 5.73. The zero-order valence-electron chi connectivity index (χ0n) is 17.6. The van der Waals surface area contributed by atoms with Gasteiger partial charge in [-0.05, 0) is 46.6 Å². The molecule has 10 heteroatoms. The van der Waals surface area contributed by atoms with Gasteiger partial charge < -0.3 is 9.47 Å². The number of hydrogen-bond donors (Lipinski definition) is 0. The van der Waals surface area contributed by atoms with Crippen LogP contribution in [0.3, 0.4) is 0 Å². The molecule has 0 atom stereocenters. The van der Waals surface area contributed by atoms with Crippen molar-refractivity contribution in [3.05, 3.63) is 60.0 Å². The Bertz CT molecular complexity index is 1270. The number of hydrogen-bond acceptors (Lipinski definition) is 6. The van der Waals surface area contributed by atoms with Gasteiger partial charge in [-0.25, -0.2) is 4.98 Å². The highest BCUT2D eigenvalue weighted by Gasteiger charge is 2.19. The van der Waals surface area contributed by atoms with Gasteiger partial charge in [-0.1, -0.05) is 40.9 Å². The van der Waals surface area contributed by atoms with Gasteiger partial charge in [0.15, 0.2) is 11.5 Å². The first kappa shape index (κ1) is 24.4. The number of esters is 1. The fraction of sp³-hybridized carbons (Fsp3) is 0.273. The molecule has 0 radical (unpaired) electrons. The summed E-state index contributed by atoms with van der Waals surface area (Å²) in [4.78, 5) is 29.3. The first-order chi connectivity index (χ1) is 15.3. The molecule has 0 saturated carbocycles. The van der Waals surface area contributed by atoms with Gasteiger partial charge in [-0.15, -0.1) is 0 Å². The van der Waals surface area contributed by atoms with Crippen LogP contribution >= 0.6 is 43.5 Å². The molecule has 3 aromatic rings. The summed E-state index contributed by atoms with van der Waals surface area (Å²) < 4.78 is 13.0. The minimum atomic E-state index is -0.529. The van der Waals surface area contributed by atoms with E-state index in [0.29, 0.717) is 33.2 Å². The second kappa shape index (κ2) is 10.6. The Morgan fingerprint density at radius 2 is 2.06 bits per heavy atom. The van der Waals surface area contributed by atoms with Crippen LogP contribution in [-0.2, 0) is 11.2 Å². The first-order valence-electron chi connectivity index (χ1n) is 9.76. The molecule has 0 aliphatic carbocycles. The summed E-state index contributed by atoms with van der Waals surface area (Å²) in [6, 6.07) is 6.99. The maximum absolute atomic E-state index is 13.2. The fourth-order valence-electron chi connectivity index (χ4n) is 3.02. The van der Waals surface area contributed by atoms with E-state index in [1.165, 1.54) is 24.9 Å². The van der Waals surface area contributed by atoms with Crippen LogP contribution in [0.4, 0.5) is 0 Å². The lowest BCUT2D eigenvalue weighted by atomic mass is 10.2. The Labute approximate surface area is 206 Å². The van der Waals surface area contributed by atoms with E-state index in [1.54, 1.807) is 18.2 Å². The number of aromatic nitrogens is 2. The zero-order chi connectivity index (χ0) is 23.4. The average Bonchev–Trinajstić information content (AvgIpc) is 2.76. The molecule has 0 aliphatic rings. The number of rotatable bonds is 7. The van der Waals surface area contributed by atoms with Gasteiger partial charge >= 0.3 is 5.97 Å². The quantitative estimate of drug-likeness (QED) is 0.201. The van der Waals surface area contributed by atoms with Gasteiger partial charge in [-0.2, -0.15) is 9.78 Å². The third-order valence-corrected chi connectivity index (χ3v) is 6.50. The number of aryl methyl sites for hydroxylation is 1. The number of halogens is 3. The molecule has 32 heavy (non-hydrogen) atoms. The molecule has 0 bridgehead atoms. The Balaban J connectivity index is 2.15. The third kappa shape index (κ3) is 5.22. The van der Waals surface area contributed by atoms with Crippen molar-refractivity contribution in [2.75, 3.05) is 7.11 Å². The predicted molar refractivity (Wildman–Crippen MR) is 132 cm³/mol. The SMILES string of the molecule is CCCCc1nc2ccc(Br)cc2c(=O)n1N=Cc1cc(OC)c(OC(C)=O)c(Cl)c1Br. The largest absolute Gasteiger partial charge is 0.493 e. The molecule has 0 spiro atoms. The number of ether oxygens (including phenoxy) is 2. The monoisotopic (exact) mass is 583 g/mol. The molecule has 0 aliphatic heterocycles. The maximum atomic E-state index is 13.2. The van der Waals surface area contributed by atoms with Gasteiger partial charge in [0.25, 0.3) is 5.56 Å². The van der Waals surface area contributed by atoms with Crippen molar-refractivity contribution in [1.29, 1.82) is 0 Å². The molecule has 0 fully saturated rings. The van der Waals surface area contributed by atoms with Gasteiger partial charge in [0.1, 0.15) is 10.8 Å². The first-order valence-corrected chi connectivity index (χ1v) is 11.7. The summed E-state index contributed by atoms with van der Waals surface area (Å²) >= 11 is 13.2. The smallest absolute Gasteiger partial charge is 0.308 e. The van der Waals surface area contributed by atoms with Gasteiger partial charge in [-0.3, -0.25) is 9.59 Å². The molecule has 1 heterocycles. The molecule has 0 unspecified atom stereocenters. The van der Waals surface area contributed by atoms with Crippen molar-refractivity contribution in [2.45, 2.75) is 33.1 Å². The van der Waals surface area contributed by atoms with Gasteiger partial charge in [0.2, 0.25) is 0 Å². The highest BCUT2D eigenvalue weighted by molar-refractivity contribution is 9.10. The lowest BCUT2D eigenvalue weighted by Crippen LogP contribution is -2.22. The van der Waals surface area contributed by atoms with Crippen molar-refractivity contribution in [3.63, 3.8) is 0 Å². The number of fused-ring (bicyclic) bond motifs is 1. The highest BCUT2D eigenvalue weighted by Crippen LogP contribution is 2.42. The molecule has 0 N–H and O–H groups in total. The van der Waals surface area contributed by atoms with Crippen LogP contribution in [0.25, 0.3) is 10.9 Å². The molecule has 0 amide bonds. The van der Waals surface area contributed by atoms with Crippen LogP contribution in [-0.4, -0.2) is 29.0 Å². The maximum Gasteiger partial charge on any atom is 0.308 e. The molecular formula is C22H20Br2ClN3O4. The van der Waals surface area contributed by atoms with E-state index in [4.69, 9.17) is 21.1 Å². The Hall–Kier alpha value is -2.23. The second-order valence-corrected chi connectivity index (χ2v) is 8.96. The Kier molecular flexibility index (Phi) is 8.08. The van der Waals surface area contributed by atoms with Gasteiger partial charge in [0, 0.05) is 27.9 Å². The number of benzene rings is 2. The Morgan fingerprint density at radius 3 is 2.72 bits per heavy atom. The molecule has 1 aromatic heterocycles. The summed E-state index contributed by atoms with van der Waals surface area (Å²) in [5.41, 5.74) is 0.877. The van der Waals surface area contributed by atoms with Crippen LogP contribution in [0.2, 0.25) is 5.02 Å². The minimum Gasteiger partial charge on any atom is -0.493 e. The van der Waals surface area contributed by atoms with Crippen LogP contribution < -0.4 is 15.0 Å². The van der Waals surface area contributed by atoms with E-state index in [1.807, 2.05) is 6.07 Å². The summed E-state index contributed by atoms with van der Waals surface area (Å²) in [6.45, 7) is 3.34. The molecular weight excluding hydrogens is 566 g/mol. The zero-order valence-corrected chi connectivity index (χ0v) is 21.5. The summed E-state index contributed by atoms with van der Waals surface area (Å²) in [6.07, 6.45) is 3.91. The number of carbonyl (C=O) groups excluding carboxylic acids is 1. The van der Waals surface area contributed by atoms with Crippen LogP contribution in [0.1, 0.15) is 38.1 Å². The molecule has 168 valence electrons. The molecule has 3 rings (SSSR count). The number of unbranched alkanes of at least 4 members (excludes halogenated alkanes) is 1.